The number of fused-ring (bicyclic) bond motifs is 3. The zero-order chi connectivity index (χ0) is 22.5. The zero-order valence-electron chi connectivity index (χ0n) is 18.4. The number of benzene rings is 2. The van der Waals surface area contributed by atoms with Gasteiger partial charge in [-0.3, -0.25) is 4.90 Å². The average molecular weight is 442 g/mol. The van der Waals surface area contributed by atoms with Crippen molar-refractivity contribution in [1.82, 2.24) is 14.8 Å². The first kappa shape index (κ1) is 22.3. The van der Waals surface area contributed by atoms with E-state index in [1.807, 2.05) is 6.07 Å². The number of unbranched alkanes of at least 4 members (excludes halogenated alkanes) is 3. The van der Waals surface area contributed by atoms with Gasteiger partial charge in [0.15, 0.2) is 0 Å². The molecule has 3 aromatic rings. The Bertz CT molecular complexity index is 1080. The molecular weight excluding hydrogens is 412 g/mol. The Hall–Kier alpha value is -2.93. The fraction of sp³-hybridized carbons (Fsp3) is 0.400. The van der Waals surface area contributed by atoms with Crippen LogP contribution in [0.1, 0.15) is 36.9 Å². The summed E-state index contributed by atoms with van der Waals surface area (Å²) in [5.41, 5.74) is 4.21. The fourth-order valence-corrected chi connectivity index (χ4v) is 4.54. The molecule has 0 fully saturated rings. The first-order valence-corrected chi connectivity index (χ1v) is 11.2. The molecule has 170 valence electrons. The molecule has 2 heterocycles. The summed E-state index contributed by atoms with van der Waals surface area (Å²) in [4.78, 5) is 13.5. The molecule has 0 bridgehead atoms. The summed E-state index contributed by atoms with van der Waals surface area (Å²) in [5.74, 6) is -0.508. The number of hydrogen-bond acceptors (Lipinski definition) is 3. The number of carbonyl (C=O) groups excluding carboxylic acids is 1. The topological polar surface area (TPSA) is 46.5 Å². The molecule has 4 rings (SSSR count). The van der Waals surface area contributed by atoms with E-state index in [1.54, 1.807) is 18.2 Å². The Balaban J connectivity index is 1.42. The van der Waals surface area contributed by atoms with Crippen LogP contribution in [0.5, 0.6) is 0 Å². The molecule has 0 atom stereocenters. The van der Waals surface area contributed by atoms with Crippen LogP contribution < -0.4 is 5.32 Å². The van der Waals surface area contributed by atoms with Gasteiger partial charge in [0.1, 0.15) is 11.6 Å². The molecule has 5 nitrogen and oxygen atoms in total. The third-order valence-electron chi connectivity index (χ3n) is 6.13. The highest BCUT2D eigenvalue weighted by atomic mass is 19.1. The number of methoxy groups -OCH3 is 1. The summed E-state index contributed by atoms with van der Waals surface area (Å²) < 4.78 is 34.3. The molecule has 0 saturated heterocycles. The maximum atomic E-state index is 14.1. The van der Waals surface area contributed by atoms with Gasteiger partial charge in [-0.05, 0) is 67.4 Å². The second-order valence-corrected chi connectivity index (χ2v) is 8.26. The van der Waals surface area contributed by atoms with Crippen LogP contribution in [-0.2, 0) is 17.7 Å². The van der Waals surface area contributed by atoms with Gasteiger partial charge in [-0.2, -0.15) is 0 Å². The lowest BCUT2D eigenvalue weighted by Gasteiger charge is -2.28. The van der Waals surface area contributed by atoms with Gasteiger partial charge in [0, 0.05) is 42.8 Å². The lowest BCUT2D eigenvalue weighted by Crippen LogP contribution is -2.31. The maximum Gasteiger partial charge on any atom is 0.406 e. The van der Waals surface area contributed by atoms with E-state index >= 15 is 0 Å². The van der Waals surface area contributed by atoms with Crippen LogP contribution in [0.2, 0.25) is 0 Å². The van der Waals surface area contributed by atoms with E-state index in [4.69, 9.17) is 0 Å². The van der Waals surface area contributed by atoms with Crippen molar-refractivity contribution >= 4 is 17.0 Å². The third kappa shape index (κ3) is 4.93. The molecule has 32 heavy (non-hydrogen) atoms. The number of rotatable bonds is 8. The minimum Gasteiger partial charge on any atom is -0.453 e. The standard InChI is InChI=1S/C25H29F2N3O2/c1-32-25(31)28-13-4-2-3-5-14-29-15-12-24-22(17-29)21-16-19(27)8-11-23(21)30(24)20-9-6-18(26)7-10-20/h6-11,16H,2-5,12-15,17H2,1H3,(H,28,31). The van der Waals surface area contributed by atoms with Gasteiger partial charge >= 0.3 is 6.09 Å². The maximum absolute atomic E-state index is 14.1. The summed E-state index contributed by atoms with van der Waals surface area (Å²) in [6.07, 6.45) is 4.65. The van der Waals surface area contributed by atoms with Gasteiger partial charge in [0.05, 0.1) is 12.6 Å². The summed E-state index contributed by atoms with van der Waals surface area (Å²) in [6, 6.07) is 11.4. The number of nitrogens with zero attached hydrogens (tertiary/aromatic N) is 2. The molecule has 0 spiro atoms. The van der Waals surface area contributed by atoms with Crippen LogP contribution in [-0.4, -0.2) is 42.3 Å². The van der Waals surface area contributed by atoms with Gasteiger partial charge in [0.2, 0.25) is 0 Å². The molecule has 0 radical (unpaired) electrons. The largest absolute Gasteiger partial charge is 0.453 e. The predicted octanol–water partition coefficient (Wildman–Crippen LogP) is 5.18. The molecule has 7 heteroatoms. The van der Waals surface area contributed by atoms with Crippen LogP contribution in [0.3, 0.4) is 0 Å². The lowest BCUT2D eigenvalue weighted by molar-refractivity contribution is 0.171. The fourth-order valence-electron chi connectivity index (χ4n) is 4.54. The molecule has 0 unspecified atom stereocenters. The van der Waals surface area contributed by atoms with Crippen LogP contribution >= 0.6 is 0 Å². The summed E-state index contributed by atoms with van der Waals surface area (Å²) in [7, 11) is 1.37. The Kier molecular flexibility index (Phi) is 7.05. The van der Waals surface area contributed by atoms with E-state index in [1.165, 1.54) is 31.0 Å². The van der Waals surface area contributed by atoms with Gasteiger partial charge < -0.3 is 14.6 Å². The van der Waals surface area contributed by atoms with E-state index in [-0.39, 0.29) is 17.7 Å². The minimum absolute atomic E-state index is 0.241. The lowest BCUT2D eigenvalue weighted by atomic mass is 10.0. The van der Waals surface area contributed by atoms with Crippen molar-refractivity contribution < 1.29 is 18.3 Å². The van der Waals surface area contributed by atoms with Crippen molar-refractivity contribution in [3.05, 3.63) is 65.4 Å². The second kappa shape index (κ2) is 10.1. The van der Waals surface area contributed by atoms with E-state index in [0.29, 0.717) is 6.54 Å². The number of alkyl carbamates (subject to hydrolysis) is 1. The van der Waals surface area contributed by atoms with Crippen LogP contribution in [0.4, 0.5) is 13.6 Å². The average Bonchev–Trinajstić information content (AvgIpc) is 3.11. The Morgan fingerprint density at radius 2 is 1.78 bits per heavy atom. The summed E-state index contributed by atoms with van der Waals surface area (Å²) >= 11 is 0. The highest BCUT2D eigenvalue weighted by Crippen LogP contribution is 2.34. The van der Waals surface area contributed by atoms with Crippen molar-refractivity contribution in [3.8, 4) is 5.69 Å². The molecule has 0 saturated carbocycles. The number of amides is 1. The monoisotopic (exact) mass is 441 g/mol. The van der Waals surface area contributed by atoms with E-state index < -0.39 is 0 Å². The summed E-state index contributed by atoms with van der Waals surface area (Å²) in [6.45, 7) is 3.35. The number of ether oxygens (including phenoxy) is 1. The predicted molar refractivity (Wildman–Crippen MR) is 121 cm³/mol. The quantitative estimate of drug-likeness (QED) is 0.490. The number of nitrogens with one attached hydrogen (secondary N) is 1. The van der Waals surface area contributed by atoms with Crippen molar-refractivity contribution in [2.45, 2.75) is 38.6 Å². The molecule has 0 aliphatic carbocycles. The molecule has 1 amide bonds. The van der Waals surface area contributed by atoms with Gasteiger partial charge in [-0.25, -0.2) is 13.6 Å². The van der Waals surface area contributed by atoms with Crippen molar-refractivity contribution in [1.29, 1.82) is 0 Å². The third-order valence-corrected chi connectivity index (χ3v) is 6.13. The normalized spacial score (nSPS) is 13.8. The molecule has 1 N–H and O–H groups in total. The van der Waals surface area contributed by atoms with Crippen molar-refractivity contribution in [2.75, 3.05) is 26.7 Å². The van der Waals surface area contributed by atoms with Crippen molar-refractivity contribution in [3.63, 3.8) is 0 Å². The molecule has 1 aliphatic heterocycles. The molecular formula is C25H29F2N3O2. The van der Waals surface area contributed by atoms with E-state index in [0.717, 1.165) is 73.9 Å². The SMILES string of the molecule is COC(=O)NCCCCCCN1CCc2c(c3cc(F)ccc3n2-c2ccc(F)cc2)C1. The number of aromatic nitrogens is 1. The summed E-state index contributed by atoms with van der Waals surface area (Å²) in [5, 5.41) is 3.63. The van der Waals surface area contributed by atoms with Gasteiger partial charge in [-0.15, -0.1) is 0 Å². The van der Waals surface area contributed by atoms with Crippen LogP contribution in [0.15, 0.2) is 42.5 Å². The highest BCUT2D eigenvalue weighted by Gasteiger charge is 2.24. The molecule has 1 aliphatic rings. The highest BCUT2D eigenvalue weighted by molar-refractivity contribution is 5.87. The minimum atomic E-state index is -0.384. The second-order valence-electron chi connectivity index (χ2n) is 8.26. The molecule has 2 aromatic carbocycles. The Labute approximate surface area is 187 Å². The van der Waals surface area contributed by atoms with E-state index in [9.17, 15) is 13.6 Å². The van der Waals surface area contributed by atoms with E-state index in [2.05, 4.69) is 19.5 Å². The van der Waals surface area contributed by atoms with Gasteiger partial charge in [-0.1, -0.05) is 12.8 Å². The number of halogens is 2. The first-order valence-electron chi connectivity index (χ1n) is 11.2. The van der Waals surface area contributed by atoms with Crippen LogP contribution in [0.25, 0.3) is 16.6 Å². The first-order chi connectivity index (χ1) is 15.6. The van der Waals surface area contributed by atoms with Crippen molar-refractivity contribution in [2.24, 2.45) is 0 Å². The van der Waals surface area contributed by atoms with Crippen LogP contribution in [0, 0.1) is 11.6 Å². The zero-order valence-corrected chi connectivity index (χ0v) is 18.4. The number of hydrogen-bond donors (Lipinski definition) is 1. The molecule has 1 aromatic heterocycles. The Morgan fingerprint density at radius 1 is 1.03 bits per heavy atom. The Morgan fingerprint density at radius 3 is 2.56 bits per heavy atom. The number of carbonyl (C=O) groups is 1. The van der Waals surface area contributed by atoms with Gasteiger partial charge in [0.25, 0.3) is 0 Å². The smallest absolute Gasteiger partial charge is 0.406 e.